The molecule has 0 aromatic rings. The molecule has 470 valence electrons. The quantitative estimate of drug-likeness (QED) is 0.0501. The summed E-state index contributed by atoms with van der Waals surface area (Å²) in [5.41, 5.74) is 0. The van der Waals surface area contributed by atoms with Gasteiger partial charge in [0.2, 0.25) is 0 Å². The van der Waals surface area contributed by atoms with Gasteiger partial charge in [0.05, 0.1) is 12.5 Å². The van der Waals surface area contributed by atoms with E-state index in [-0.39, 0.29) is 56.5 Å². The molecular weight excluding hydrogens is 1180 g/mol. The topological polar surface area (TPSA) is 294 Å². The van der Waals surface area contributed by atoms with Crippen molar-refractivity contribution in [1.82, 2.24) is 0 Å². The minimum atomic E-state index is -3.46. The van der Waals surface area contributed by atoms with Gasteiger partial charge in [0.1, 0.15) is 46.2 Å². The fourth-order valence-electron chi connectivity index (χ4n) is 8.58. The molecule has 2 N–H and O–H groups in total. The summed E-state index contributed by atoms with van der Waals surface area (Å²) in [4.78, 5) is 0. The fraction of sp³-hybridized carbons (Fsp3) is 1.00. The van der Waals surface area contributed by atoms with E-state index in [0.29, 0.717) is 173 Å². The first kappa shape index (κ1) is 69.5. The Labute approximate surface area is 480 Å². The monoisotopic (exact) mass is 1280 g/mol. The standard InChI is InChI=1S/C26H54O15Si4.C20H42O12Si3/c1-28-42(4,14-6-10-31-23-18-35-23)40-45(30-3,17-9-13-34-26-21-38-26)41-43(5,15-7-11-32-24-19-36-24)39-44(22-27,29-2)16-8-12-33-25-20-37-25;1-22-34(17-21,12-6-9-26-19-15-29-19)31-33(4,11-5-8-25-18-14-28-18)32-35(23-2,24-3)13-7-10-27-20-16-30-20/h23-27H,6-22H2,1-5H3;18-21H,5-17H2,1-4H3. The van der Waals surface area contributed by atoms with Gasteiger partial charge >= 0.3 is 60.4 Å². The molecule has 0 aromatic heterocycles. The number of ether oxygens (including phenoxy) is 14. The van der Waals surface area contributed by atoms with Gasteiger partial charge in [0.25, 0.3) is 0 Å². The van der Waals surface area contributed by atoms with Gasteiger partial charge in [0, 0.05) is 101 Å². The molecule has 0 spiro atoms. The molecule has 27 nitrogen and oxygen atoms in total. The van der Waals surface area contributed by atoms with Crippen LogP contribution in [0.3, 0.4) is 0 Å². The molecule has 0 radical (unpaired) electrons. The fourth-order valence-corrected chi connectivity index (χ4v) is 38.2. The van der Waals surface area contributed by atoms with E-state index in [9.17, 15) is 10.2 Å². The van der Waals surface area contributed by atoms with Crippen molar-refractivity contribution in [2.24, 2.45) is 0 Å². The third-order valence-electron chi connectivity index (χ3n) is 13.7. The second kappa shape index (κ2) is 34.8. The highest BCUT2D eigenvalue weighted by Gasteiger charge is 2.56. The summed E-state index contributed by atoms with van der Waals surface area (Å²) in [5, 5.41) is 21.0. The Hall–Kier alpha value is 0.438. The van der Waals surface area contributed by atoms with Crippen LogP contribution in [0, 0.1) is 0 Å². The van der Waals surface area contributed by atoms with Crippen LogP contribution < -0.4 is 0 Å². The normalized spacial score (nSPS) is 28.0. The van der Waals surface area contributed by atoms with E-state index in [1.54, 1.807) is 42.7 Å². The van der Waals surface area contributed by atoms with Gasteiger partial charge in [-0.1, -0.05) is 0 Å². The molecule has 7 saturated heterocycles. The Bertz CT molecular complexity index is 1640. The van der Waals surface area contributed by atoms with Crippen molar-refractivity contribution in [3.63, 3.8) is 0 Å². The summed E-state index contributed by atoms with van der Waals surface area (Å²) in [6.07, 6.45) is 3.56. The zero-order chi connectivity index (χ0) is 57.4. The average molecular weight is 1280 g/mol. The predicted octanol–water partition coefficient (Wildman–Crippen LogP) is 3.32. The minimum absolute atomic E-state index is 0.0937. The number of aliphatic hydroxyl groups excluding tert-OH is 2. The lowest BCUT2D eigenvalue weighted by molar-refractivity contribution is 0.0463. The van der Waals surface area contributed by atoms with Gasteiger partial charge in [0.15, 0.2) is 44.0 Å². The second-order valence-corrected chi connectivity index (χ2v) is 44.6. The van der Waals surface area contributed by atoms with Gasteiger partial charge in [-0.3, -0.25) is 0 Å². The number of hydrogen-bond acceptors (Lipinski definition) is 27. The molecule has 13 atom stereocenters. The first-order valence-electron chi connectivity index (χ1n) is 28.2. The Morgan fingerprint density at radius 3 is 0.787 bits per heavy atom. The zero-order valence-electron chi connectivity index (χ0n) is 48.9. The number of hydrogen-bond donors (Lipinski definition) is 2. The predicted molar refractivity (Wildman–Crippen MR) is 295 cm³/mol. The Kier molecular flexibility index (Phi) is 30.3. The molecule has 0 aliphatic carbocycles. The van der Waals surface area contributed by atoms with E-state index in [4.69, 9.17) is 113 Å². The van der Waals surface area contributed by atoms with Crippen LogP contribution in [0.4, 0.5) is 0 Å². The SMILES string of the molecule is CO[Si](C)(CCCOC1CO1)O[Si](CCCOC1CO1)(OC)O[Si](C)(CCCOC1CO1)O[Si](CO)(CCCOC1CO1)OC.CO[Si](CO)(CCCOC1CO1)O[Si](C)(CCCOC1CO1)O[Si](CCCOC1CO1)(OC)OC. The number of aliphatic hydroxyl groups is 2. The molecule has 7 heterocycles. The Balaban J connectivity index is 0.000000266. The lowest BCUT2D eigenvalue weighted by Gasteiger charge is -2.44. The van der Waals surface area contributed by atoms with Crippen LogP contribution >= 0.6 is 0 Å². The van der Waals surface area contributed by atoms with Crippen molar-refractivity contribution < 1.29 is 124 Å². The first-order chi connectivity index (χ1) is 38.6. The molecule has 34 heteroatoms. The highest BCUT2D eigenvalue weighted by molar-refractivity contribution is 6.87. The third-order valence-corrected chi connectivity index (χ3v) is 42.2. The van der Waals surface area contributed by atoms with Gasteiger partial charge in [-0.05, 0) is 94.8 Å². The van der Waals surface area contributed by atoms with Crippen molar-refractivity contribution in [3.8, 4) is 0 Å². The van der Waals surface area contributed by atoms with Gasteiger partial charge in [-0.25, -0.2) is 0 Å². The van der Waals surface area contributed by atoms with Gasteiger partial charge < -0.3 is 124 Å². The summed E-state index contributed by atoms with van der Waals surface area (Å²) < 4.78 is 146. The molecule has 7 rings (SSSR count). The van der Waals surface area contributed by atoms with E-state index >= 15 is 0 Å². The molecule has 7 aliphatic heterocycles. The van der Waals surface area contributed by atoms with Crippen LogP contribution in [0.5, 0.6) is 0 Å². The number of rotatable bonds is 53. The molecule has 7 fully saturated rings. The van der Waals surface area contributed by atoms with Crippen LogP contribution in [-0.4, -0.2) is 262 Å². The molecule has 0 amide bonds. The lowest BCUT2D eigenvalue weighted by atomic mass is 10.5. The van der Waals surface area contributed by atoms with Crippen molar-refractivity contribution in [2.45, 2.75) is 151 Å². The maximum Gasteiger partial charge on any atom is 0.491 e. The summed E-state index contributed by atoms with van der Waals surface area (Å²) in [6, 6.07) is 4.02. The summed E-state index contributed by atoms with van der Waals surface area (Å²) in [5.74, 6) is 0. The van der Waals surface area contributed by atoms with Crippen molar-refractivity contribution in [1.29, 1.82) is 0 Å². The maximum absolute atomic E-state index is 10.6. The molecule has 7 aliphatic rings. The van der Waals surface area contributed by atoms with Crippen LogP contribution in [0.2, 0.25) is 61.9 Å². The minimum Gasteiger partial charge on any atom is -0.414 e. The summed E-state index contributed by atoms with van der Waals surface area (Å²) in [6.45, 7) is 14.0. The van der Waals surface area contributed by atoms with Gasteiger partial charge in [-0.15, -0.1) is 0 Å². The zero-order valence-corrected chi connectivity index (χ0v) is 55.9. The van der Waals surface area contributed by atoms with Crippen molar-refractivity contribution in [2.75, 3.05) is 148 Å². The molecule has 0 saturated carbocycles. The molecule has 13 unspecified atom stereocenters. The van der Waals surface area contributed by atoms with E-state index in [2.05, 4.69) is 0 Å². The maximum atomic E-state index is 10.6. The van der Waals surface area contributed by atoms with E-state index in [1.165, 1.54) is 0 Å². The van der Waals surface area contributed by atoms with Crippen molar-refractivity contribution in [3.05, 3.63) is 0 Å². The second-order valence-electron chi connectivity index (χ2n) is 20.8. The lowest BCUT2D eigenvalue weighted by Crippen LogP contribution is -2.64. The Morgan fingerprint density at radius 1 is 0.300 bits per heavy atom. The Morgan fingerprint density at radius 2 is 0.537 bits per heavy atom. The van der Waals surface area contributed by atoms with E-state index in [1.807, 2.05) is 19.6 Å². The third kappa shape index (κ3) is 27.2. The van der Waals surface area contributed by atoms with Crippen LogP contribution in [0.1, 0.15) is 44.9 Å². The first-order valence-corrected chi connectivity index (χ1v) is 44.1. The van der Waals surface area contributed by atoms with Crippen molar-refractivity contribution >= 4 is 60.4 Å². The molecule has 0 bridgehead atoms. The molecule has 0 aromatic carbocycles. The summed E-state index contributed by atoms with van der Waals surface area (Å²) in [7, 11) is -11.9. The molecular formula is C46H96O27Si7. The van der Waals surface area contributed by atoms with Crippen LogP contribution in [-0.2, 0) is 113 Å². The highest BCUT2D eigenvalue weighted by Crippen LogP contribution is 2.36. The summed E-state index contributed by atoms with van der Waals surface area (Å²) >= 11 is 0. The molecule has 80 heavy (non-hydrogen) atoms. The van der Waals surface area contributed by atoms with Crippen LogP contribution in [0.15, 0.2) is 0 Å². The van der Waals surface area contributed by atoms with Crippen LogP contribution in [0.25, 0.3) is 0 Å². The largest absolute Gasteiger partial charge is 0.491 e. The van der Waals surface area contributed by atoms with E-state index < -0.39 is 60.4 Å². The van der Waals surface area contributed by atoms with Gasteiger partial charge in [-0.2, -0.15) is 0 Å². The highest BCUT2D eigenvalue weighted by atomic mass is 28.5. The van der Waals surface area contributed by atoms with E-state index in [0.717, 1.165) is 6.42 Å². The average Bonchev–Trinajstić information content (AvgIpc) is 4.28. The smallest absolute Gasteiger partial charge is 0.414 e. The number of epoxide rings is 7.